The third kappa shape index (κ3) is 5.21. The molecule has 1 aliphatic rings. The van der Waals surface area contributed by atoms with Crippen molar-refractivity contribution in [3.63, 3.8) is 0 Å². The zero-order valence-corrected chi connectivity index (χ0v) is 17.4. The lowest BCUT2D eigenvalue weighted by Crippen LogP contribution is -2.36. The highest BCUT2D eigenvalue weighted by atomic mass is 16.5. The first-order chi connectivity index (χ1) is 14.0. The fraction of sp³-hybridized carbons (Fsp3) is 0.435. The van der Waals surface area contributed by atoms with Crippen LogP contribution in [0.15, 0.2) is 42.5 Å². The molecule has 0 aliphatic carbocycles. The minimum atomic E-state index is -0.833. The molecule has 0 saturated carbocycles. The molecule has 2 aromatic rings. The van der Waals surface area contributed by atoms with Crippen LogP contribution in [0.25, 0.3) is 0 Å². The van der Waals surface area contributed by atoms with Crippen molar-refractivity contribution in [2.75, 3.05) is 27.3 Å². The highest BCUT2D eigenvalue weighted by molar-refractivity contribution is 5.65. The standard InChI is InChI=1S/C23H30N2O4/c1-16(19-5-4-6-20(14-19)28-2)24-15-17-7-8-22(29-3)21(13-17)18-9-11-25(12-10-18)23(26)27/h4-8,13-14,16,18,24H,9-12,15H2,1-3H3,(H,26,27)/t16-/m1/s1. The summed E-state index contributed by atoms with van der Waals surface area (Å²) in [6.45, 7) is 4.02. The monoisotopic (exact) mass is 398 g/mol. The molecular weight excluding hydrogens is 368 g/mol. The van der Waals surface area contributed by atoms with E-state index in [4.69, 9.17) is 9.47 Å². The maximum Gasteiger partial charge on any atom is 0.407 e. The molecule has 2 N–H and O–H groups in total. The van der Waals surface area contributed by atoms with Gasteiger partial charge < -0.3 is 24.8 Å². The molecule has 0 aromatic heterocycles. The van der Waals surface area contributed by atoms with Crippen LogP contribution in [0.4, 0.5) is 4.79 Å². The van der Waals surface area contributed by atoms with Crippen molar-refractivity contribution in [2.45, 2.75) is 38.3 Å². The number of ether oxygens (including phenoxy) is 2. The van der Waals surface area contributed by atoms with E-state index in [1.54, 1.807) is 14.2 Å². The molecule has 6 heteroatoms. The quantitative estimate of drug-likeness (QED) is 0.723. The van der Waals surface area contributed by atoms with E-state index < -0.39 is 6.09 Å². The summed E-state index contributed by atoms with van der Waals surface area (Å²) in [6.07, 6.45) is 0.805. The normalized spacial score (nSPS) is 15.8. The van der Waals surface area contributed by atoms with E-state index in [-0.39, 0.29) is 6.04 Å². The van der Waals surface area contributed by atoms with Crippen LogP contribution in [-0.4, -0.2) is 43.4 Å². The lowest BCUT2D eigenvalue weighted by Gasteiger charge is -2.31. The van der Waals surface area contributed by atoms with E-state index in [1.807, 2.05) is 24.3 Å². The number of carboxylic acid groups (broad SMARTS) is 1. The van der Waals surface area contributed by atoms with Gasteiger partial charge >= 0.3 is 6.09 Å². The molecule has 1 amide bonds. The fourth-order valence-electron chi connectivity index (χ4n) is 3.89. The molecule has 3 rings (SSSR count). The number of piperidine rings is 1. The molecule has 156 valence electrons. The molecule has 0 spiro atoms. The first-order valence-electron chi connectivity index (χ1n) is 10.0. The van der Waals surface area contributed by atoms with Gasteiger partial charge in [0.05, 0.1) is 14.2 Å². The maximum absolute atomic E-state index is 11.2. The second-order valence-electron chi connectivity index (χ2n) is 7.50. The molecular formula is C23H30N2O4. The molecule has 1 saturated heterocycles. The molecule has 1 atom stereocenters. The van der Waals surface area contributed by atoms with Crippen LogP contribution >= 0.6 is 0 Å². The topological polar surface area (TPSA) is 71.0 Å². The number of hydrogen-bond donors (Lipinski definition) is 2. The van der Waals surface area contributed by atoms with Crippen molar-refractivity contribution in [1.82, 2.24) is 10.2 Å². The van der Waals surface area contributed by atoms with Gasteiger partial charge in [-0.3, -0.25) is 0 Å². The Morgan fingerprint density at radius 1 is 1.17 bits per heavy atom. The van der Waals surface area contributed by atoms with Gasteiger partial charge in [0.1, 0.15) is 11.5 Å². The van der Waals surface area contributed by atoms with Gasteiger partial charge in [-0.2, -0.15) is 0 Å². The number of methoxy groups -OCH3 is 2. The Morgan fingerprint density at radius 2 is 1.93 bits per heavy atom. The summed E-state index contributed by atoms with van der Waals surface area (Å²) in [5.74, 6) is 2.05. The average Bonchev–Trinajstić information content (AvgIpc) is 2.77. The minimum absolute atomic E-state index is 0.189. The molecule has 1 aliphatic heterocycles. The van der Waals surface area contributed by atoms with Crippen molar-refractivity contribution < 1.29 is 19.4 Å². The second kappa shape index (κ2) is 9.65. The smallest absolute Gasteiger partial charge is 0.407 e. The Kier molecular flexibility index (Phi) is 6.99. The first-order valence-corrected chi connectivity index (χ1v) is 10.0. The molecule has 1 fully saturated rings. The third-order valence-corrected chi connectivity index (χ3v) is 5.71. The number of benzene rings is 2. The van der Waals surface area contributed by atoms with Gasteiger partial charge in [0, 0.05) is 25.7 Å². The van der Waals surface area contributed by atoms with E-state index in [9.17, 15) is 9.90 Å². The van der Waals surface area contributed by atoms with Gasteiger partial charge in [-0.15, -0.1) is 0 Å². The van der Waals surface area contributed by atoms with Gasteiger partial charge in [0.25, 0.3) is 0 Å². The Bertz CT molecular complexity index is 831. The highest BCUT2D eigenvalue weighted by Crippen LogP contribution is 2.35. The summed E-state index contributed by atoms with van der Waals surface area (Å²) in [7, 11) is 3.37. The summed E-state index contributed by atoms with van der Waals surface area (Å²) in [5, 5.41) is 12.7. The van der Waals surface area contributed by atoms with Crippen LogP contribution in [0, 0.1) is 0 Å². The van der Waals surface area contributed by atoms with Gasteiger partial charge in [-0.05, 0) is 60.6 Å². The summed E-state index contributed by atoms with van der Waals surface area (Å²) in [4.78, 5) is 12.7. The Hall–Kier alpha value is -2.73. The number of rotatable bonds is 7. The summed E-state index contributed by atoms with van der Waals surface area (Å²) in [5.41, 5.74) is 3.54. The predicted octanol–water partition coefficient (Wildman–Crippen LogP) is 4.41. The lowest BCUT2D eigenvalue weighted by atomic mass is 9.88. The molecule has 0 unspecified atom stereocenters. The van der Waals surface area contributed by atoms with Gasteiger partial charge in [0.15, 0.2) is 0 Å². The van der Waals surface area contributed by atoms with Crippen molar-refractivity contribution in [3.05, 3.63) is 59.2 Å². The first kappa shape index (κ1) is 21.0. The maximum atomic E-state index is 11.2. The van der Waals surface area contributed by atoms with Crippen molar-refractivity contribution in [3.8, 4) is 11.5 Å². The average molecular weight is 399 g/mol. The van der Waals surface area contributed by atoms with Crippen molar-refractivity contribution in [2.24, 2.45) is 0 Å². The number of amides is 1. The molecule has 2 aromatic carbocycles. The lowest BCUT2D eigenvalue weighted by molar-refractivity contribution is 0.132. The van der Waals surface area contributed by atoms with E-state index in [0.29, 0.717) is 19.0 Å². The van der Waals surface area contributed by atoms with Crippen LogP contribution < -0.4 is 14.8 Å². The van der Waals surface area contributed by atoms with Gasteiger partial charge in [0.2, 0.25) is 0 Å². The summed E-state index contributed by atoms with van der Waals surface area (Å²) >= 11 is 0. The Morgan fingerprint density at radius 3 is 2.59 bits per heavy atom. The Labute approximate surface area is 172 Å². The summed E-state index contributed by atoms with van der Waals surface area (Å²) in [6, 6.07) is 14.6. The van der Waals surface area contributed by atoms with Crippen LogP contribution in [0.3, 0.4) is 0 Å². The van der Waals surface area contributed by atoms with Gasteiger partial charge in [-0.25, -0.2) is 4.79 Å². The van der Waals surface area contributed by atoms with Crippen LogP contribution in [0.1, 0.15) is 48.4 Å². The van der Waals surface area contributed by atoms with Crippen LogP contribution in [0.2, 0.25) is 0 Å². The molecule has 29 heavy (non-hydrogen) atoms. The number of hydrogen-bond acceptors (Lipinski definition) is 4. The van der Waals surface area contributed by atoms with Crippen LogP contribution in [0.5, 0.6) is 11.5 Å². The molecule has 6 nitrogen and oxygen atoms in total. The van der Waals surface area contributed by atoms with E-state index in [2.05, 4.69) is 30.4 Å². The van der Waals surface area contributed by atoms with E-state index in [1.165, 1.54) is 21.6 Å². The third-order valence-electron chi connectivity index (χ3n) is 5.71. The Balaban J connectivity index is 1.67. The second-order valence-corrected chi connectivity index (χ2v) is 7.50. The zero-order chi connectivity index (χ0) is 20.8. The van der Waals surface area contributed by atoms with E-state index >= 15 is 0 Å². The fourth-order valence-corrected chi connectivity index (χ4v) is 3.89. The summed E-state index contributed by atoms with van der Waals surface area (Å²) < 4.78 is 10.9. The number of likely N-dealkylation sites (tertiary alicyclic amines) is 1. The number of carbonyl (C=O) groups is 1. The largest absolute Gasteiger partial charge is 0.497 e. The number of nitrogens with one attached hydrogen (secondary N) is 1. The number of nitrogens with zero attached hydrogens (tertiary/aromatic N) is 1. The van der Waals surface area contributed by atoms with Crippen LogP contribution in [-0.2, 0) is 6.54 Å². The zero-order valence-electron chi connectivity index (χ0n) is 17.4. The molecule has 1 heterocycles. The highest BCUT2D eigenvalue weighted by Gasteiger charge is 2.25. The van der Waals surface area contributed by atoms with Crippen molar-refractivity contribution >= 4 is 6.09 Å². The van der Waals surface area contributed by atoms with Crippen molar-refractivity contribution in [1.29, 1.82) is 0 Å². The predicted molar refractivity (Wildman–Crippen MR) is 113 cm³/mol. The minimum Gasteiger partial charge on any atom is -0.497 e. The molecule has 0 bridgehead atoms. The van der Waals surface area contributed by atoms with E-state index in [0.717, 1.165) is 30.9 Å². The van der Waals surface area contributed by atoms with Gasteiger partial charge in [-0.1, -0.05) is 24.3 Å². The molecule has 0 radical (unpaired) electrons. The SMILES string of the molecule is COc1cccc([C@@H](C)NCc2ccc(OC)c(C3CCN(C(=O)O)CC3)c2)c1.